The van der Waals surface area contributed by atoms with E-state index in [9.17, 15) is 0 Å². The van der Waals surface area contributed by atoms with Crippen LogP contribution in [0.3, 0.4) is 0 Å². The molecule has 0 saturated heterocycles. The molecule has 0 saturated carbocycles. The van der Waals surface area contributed by atoms with Crippen LogP contribution in [0.2, 0.25) is 0 Å². The zero-order valence-corrected chi connectivity index (χ0v) is 28.3. The zero-order chi connectivity index (χ0) is 33.0. The average Bonchev–Trinajstić information content (AvgIpc) is 3.04. The lowest BCUT2D eigenvalue weighted by atomic mass is 10.2. The maximum atomic E-state index is 6.13. The molecule has 0 aliphatic rings. The van der Waals surface area contributed by atoms with Crippen molar-refractivity contribution in [1.82, 2.24) is 0 Å². The molecule has 0 bridgehead atoms. The zero-order valence-electron chi connectivity index (χ0n) is 28.3. The smallest absolute Gasteiger partial charge is 0.490 e. The van der Waals surface area contributed by atoms with Crippen molar-refractivity contribution in [2.24, 2.45) is 0 Å². The molecular formula is C36H51BO9. The number of rotatable bonds is 24. The van der Waals surface area contributed by atoms with E-state index >= 15 is 0 Å². The summed E-state index contributed by atoms with van der Waals surface area (Å²) in [4.78, 5) is 0. The van der Waals surface area contributed by atoms with E-state index < -0.39 is 7.32 Å². The lowest BCUT2D eigenvalue weighted by Crippen LogP contribution is -2.37. The van der Waals surface area contributed by atoms with Gasteiger partial charge < -0.3 is 42.4 Å². The normalized spacial score (nSPS) is 12.9. The van der Waals surface area contributed by atoms with E-state index in [1.54, 1.807) is 36.4 Å². The van der Waals surface area contributed by atoms with Gasteiger partial charge in [0.05, 0.1) is 19.8 Å². The largest absolute Gasteiger partial charge is 0.864 e. The van der Waals surface area contributed by atoms with Crippen LogP contribution in [0.1, 0.15) is 80.1 Å². The molecule has 0 radical (unpaired) electrons. The molecule has 3 unspecified atom stereocenters. The van der Waals surface area contributed by atoms with E-state index in [0.29, 0.717) is 54.3 Å². The molecule has 0 aromatic heterocycles. The maximum Gasteiger partial charge on any atom is 0.864 e. The summed E-state index contributed by atoms with van der Waals surface area (Å²) >= 11 is 0. The van der Waals surface area contributed by atoms with Crippen LogP contribution in [0.25, 0.3) is 0 Å². The second kappa shape index (κ2) is 21.2. The third kappa shape index (κ3) is 14.7. The van der Waals surface area contributed by atoms with Crippen LogP contribution in [0, 0.1) is 0 Å². The summed E-state index contributed by atoms with van der Waals surface area (Å²) in [5, 5.41) is 0. The monoisotopic (exact) mass is 638 g/mol. The first-order valence-corrected chi connectivity index (χ1v) is 16.5. The molecule has 3 aromatic rings. The number of benzene rings is 3. The van der Waals surface area contributed by atoms with Gasteiger partial charge in [-0.25, -0.2) is 0 Å². The van der Waals surface area contributed by atoms with Gasteiger partial charge in [-0.1, -0.05) is 40.0 Å². The van der Waals surface area contributed by atoms with E-state index in [1.165, 1.54) is 0 Å². The predicted molar refractivity (Wildman–Crippen MR) is 180 cm³/mol. The van der Waals surface area contributed by atoms with Crippen molar-refractivity contribution in [3.8, 4) is 34.5 Å². The van der Waals surface area contributed by atoms with Crippen LogP contribution in [-0.2, 0) is 14.2 Å². The van der Waals surface area contributed by atoms with Gasteiger partial charge in [0.25, 0.3) is 0 Å². The van der Waals surface area contributed by atoms with Crippen LogP contribution >= 0.6 is 0 Å². The summed E-state index contributed by atoms with van der Waals surface area (Å²) in [6, 6.07) is 21.7. The Hall–Kier alpha value is -3.60. The van der Waals surface area contributed by atoms with Crippen LogP contribution in [-0.4, -0.2) is 46.0 Å². The summed E-state index contributed by atoms with van der Waals surface area (Å²) in [5.41, 5.74) is 0. The Kier molecular flexibility index (Phi) is 17.0. The number of unbranched alkanes of at least 4 members (excludes halogenated alkanes) is 3. The van der Waals surface area contributed by atoms with Crippen LogP contribution in [0.15, 0.2) is 72.8 Å². The molecule has 3 aromatic carbocycles. The highest BCUT2D eigenvalue weighted by molar-refractivity contribution is 6.39. The van der Waals surface area contributed by atoms with E-state index in [4.69, 9.17) is 42.4 Å². The predicted octanol–water partition coefficient (Wildman–Crippen LogP) is 8.83. The highest BCUT2D eigenvalue weighted by Gasteiger charge is 2.30. The molecule has 252 valence electrons. The van der Waals surface area contributed by atoms with E-state index in [1.807, 2.05) is 57.2 Å². The molecule has 0 fully saturated rings. The Labute approximate surface area is 275 Å². The number of hydrogen-bond acceptors (Lipinski definition) is 9. The molecule has 0 N–H and O–H groups in total. The highest BCUT2D eigenvalue weighted by atomic mass is 16.7. The maximum absolute atomic E-state index is 6.13. The molecule has 0 spiro atoms. The Morgan fingerprint density at radius 1 is 0.413 bits per heavy atom. The van der Waals surface area contributed by atoms with E-state index in [-0.39, 0.29) is 18.9 Å². The van der Waals surface area contributed by atoms with Gasteiger partial charge in [0.15, 0.2) is 18.9 Å². The topological polar surface area (TPSA) is 83.1 Å². The van der Waals surface area contributed by atoms with Crippen LogP contribution < -0.4 is 28.2 Å². The first kappa shape index (κ1) is 36.9. The number of ether oxygens (including phenoxy) is 6. The fraction of sp³-hybridized carbons (Fsp3) is 0.500. The minimum atomic E-state index is -1.10. The molecule has 3 atom stereocenters. The van der Waals surface area contributed by atoms with Crippen molar-refractivity contribution < 1.29 is 42.4 Å². The van der Waals surface area contributed by atoms with Crippen molar-refractivity contribution in [3.05, 3.63) is 72.8 Å². The first-order chi connectivity index (χ1) is 22.4. The highest BCUT2D eigenvalue weighted by Crippen LogP contribution is 2.25. The molecule has 3 rings (SSSR count). The molecule has 9 nitrogen and oxygen atoms in total. The molecule has 0 aliphatic heterocycles. The summed E-state index contributed by atoms with van der Waals surface area (Å²) in [6.07, 6.45) is 5.13. The van der Waals surface area contributed by atoms with E-state index in [2.05, 4.69) is 20.8 Å². The molecule has 0 amide bonds. The summed E-state index contributed by atoms with van der Waals surface area (Å²) in [6.45, 7) is 14.0. The fourth-order valence-electron chi connectivity index (χ4n) is 4.05. The van der Waals surface area contributed by atoms with Crippen molar-refractivity contribution in [1.29, 1.82) is 0 Å². The Balaban J connectivity index is 1.65. The Morgan fingerprint density at radius 2 is 0.652 bits per heavy atom. The lowest BCUT2D eigenvalue weighted by molar-refractivity contribution is -0.0677. The second-order valence-electron chi connectivity index (χ2n) is 10.8. The van der Waals surface area contributed by atoms with Crippen LogP contribution in [0.5, 0.6) is 34.5 Å². The van der Waals surface area contributed by atoms with Gasteiger partial charge in [-0.3, -0.25) is 0 Å². The molecular weight excluding hydrogens is 587 g/mol. The van der Waals surface area contributed by atoms with Gasteiger partial charge in [0.1, 0.15) is 34.5 Å². The van der Waals surface area contributed by atoms with Crippen molar-refractivity contribution >= 4 is 7.32 Å². The van der Waals surface area contributed by atoms with E-state index in [0.717, 1.165) is 38.5 Å². The van der Waals surface area contributed by atoms with Gasteiger partial charge in [0, 0.05) is 0 Å². The van der Waals surface area contributed by atoms with Gasteiger partial charge in [0.2, 0.25) is 0 Å². The Morgan fingerprint density at radius 3 is 0.891 bits per heavy atom. The SMILES string of the molecule is CCCCOC(C)Oc1ccc(OB(Oc2ccc(OC(C)OCCCC)cc2)Oc2ccc(OC(C)OCCCC)cc2)cc1. The van der Waals surface area contributed by atoms with Crippen molar-refractivity contribution in [3.63, 3.8) is 0 Å². The number of hydrogen-bond donors (Lipinski definition) is 0. The molecule has 0 aliphatic carbocycles. The third-order valence-corrected chi connectivity index (χ3v) is 6.63. The van der Waals surface area contributed by atoms with Crippen LogP contribution in [0.4, 0.5) is 0 Å². The standard InChI is InChI=1S/C36H51BO9/c1-7-10-25-38-28(4)41-31-13-19-34(20-14-31)44-37(45-35-21-15-32(16-22-35)42-29(5)39-26-11-8-2)46-36-23-17-33(18-24-36)43-30(6)40-27-12-9-3/h13-24,28-30H,7-12,25-27H2,1-6H3. The van der Waals surface area contributed by atoms with Gasteiger partial charge in [-0.2, -0.15) is 0 Å². The first-order valence-electron chi connectivity index (χ1n) is 16.5. The second-order valence-corrected chi connectivity index (χ2v) is 10.8. The molecule has 46 heavy (non-hydrogen) atoms. The summed E-state index contributed by atoms with van der Waals surface area (Å²) in [5.74, 6) is 3.61. The Bertz CT molecular complexity index is 1040. The summed E-state index contributed by atoms with van der Waals surface area (Å²) in [7, 11) is -1.10. The molecule has 10 heteroatoms. The van der Waals surface area contributed by atoms with Gasteiger partial charge in [-0.05, 0) is 113 Å². The quantitative estimate of drug-likeness (QED) is 0.0543. The van der Waals surface area contributed by atoms with Gasteiger partial charge in [-0.15, -0.1) is 0 Å². The molecule has 0 heterocycles. The minimum absolute atomic E-state index is 0.353. The van der Waals surface area contributed by atoms with Crippen molar-refractivity contribution in [2.75, 3.05) is 19.8 Å². The fourth-order valence-corrected chi connectivity index (χ4v) is 4.05. The summed E-state index contributed by atoms with van der Waals surface area (Å²) < 4.78 is 53.0. The van der Waals surface area contributed by atoms with Gasteiger partial charge >= 0.3 is 7.32 Å². The lowest BCUT2D eigenvalue weighted by Gasteiger charge is -2.19. The minimum Gasteiger partial charge on any atom is -0.490 e. The van der Waals surface area contributed by atoms with Crippen molar-refractivity contribution in [2.45, 2.75) is 98.9 Å². The average molecular weight is 639 g/mol. The third-order valence-electron chi connectivity index (χ3n) is 6.63.